The first-order chi connectivity index (χ1) is 8.96. The largest absolute Gasteiger partial charge is 0.327 e. The van der Waals surface area contributed by atoms with E-state index in [1.807, 2.05) is 6.92 Å². The first-order valence-electron chi connectivity index (χ1n) is 8.05. The average molecular weight is 270 g/mol. The van der Waals surface area contributed by atoms with Crippen LogP contribution in [0.15, 0.2) is 0 Å². The fourth-order valence-electron chi connectivity index (χ4n) is 2.72. The van der Waals surface area contributed by atoms with Crippen molar-refractivity contribution < 1.29 is 4.79 Å². The minimum absolute atomic E-state index is 0.0337. The van der Waals surface area contributed by atoms with Crippen molar-refractivity contribution in [3.8, 4) is 0 Å². The van der Waals surface area contributed by atoms with Crippen molar-refractivity contribution in [1.29, 1.82) is 0 Å². The molecule has 0 bridgehead atoms. The molecule has 4 N–H and O–H groups in total. The first-order valence-corrected chi connectivity index (χ1v) is 8.05. The van der Waals surface area contributed by atoms with Gasteiger partial charge in [0.2, 0.25) is 0 Å². The number of hydrogen-bond acceptors (Lipinski definition) is 3. The van der Waals surface area contributed by atoms with Gasteiger partial charge in [-0.05, 0) is 25.7 Å². The highest BCUT2D eigenvalue weighted by Gasteiger charge is 2.38. The second kappa shape index (κ2) is 9.49. The zero-order valence-corrected chi connectivity index (χ0v) is 13.4. The van der Waals surface area contributed by atoms with E-state index in [1.54, 1.807) is 0 Å². The van der Waals surface area contributed by atoms with Gasteiger partial charge in [0, 0.05) is 12.0 Å². The molecule has 0 amide bonds. The monoisotopic (exact) mass is 270 g/mol. The summed E-state index contributed by atoms with van der Waals surface area (Å²) in [4.78, 5) is 12.8. The molecule has 3 heteroatoms. The zero-order valence-electron chi connectivity index (χ0n) is 13.4. The van der Waals surface area contributed by atoms with Gasteiger partial charge in [0.1, 0.15) is 0 Å². The predicted octanol–water partition coefficient (Wildman–Crippen LogP) is 3.40. The Hall–Kier alpha value is -0.410. The van der Waals surface area contributed by atoms with E-state index < -0.39 is 5.54 Å². The third-order valence-electron chi connectivity index (χ3n) is 4.17. The Balaban J connectivity index is 4.92. The molecule has 0 aliphatic carbocycles. The molecule has 3 unspecified atom stereocenters. The Labute approximate surface area is 119 Å². The van der Waals surface area contributed by atoms with Gasteiger partial charge >= 0.3 is 0 Å². The molecule has 0 fully saturated rings. The van der Waals surface area contributed by atoms with E-state index in [-0.39, 0.29) is 17.7 Å². The maximum Gasteiger partial charge on any atom is 0.157 e. The third-order valence-corrected chi connectivity index (χ3v) is 4.17. The lowest BCUT2D eigenvalue weighted by atomic mass is 9.76. The SMILES string of the molecule is CCCCC(N)(CC)C(=O)C(CCC)C(N)CCC. The highest BCUT2D eigenvalue weighted by molar-refractivity contribution is 5.90. The van der Waals surface area contributed by atoms with Crippen LogP contribution in [0.2, 0.25) is 0 Å². The van der Waals surface area contributed by atoms with E-state index in [9.17, 15) is 4.79 Å². The summed E-state index contributed by atoms with van der Waals surface area (Å²) in [5.74, 6) is 0.137. The Bertz CT molecular complexity index is 255. The lowest BCUT2D eigenvalue weighted by Crippen LogP contribution is -2.53. The summed E-state index contributed by atoms with van der Waals surface area (Å²) in [6, 6.07) is -0.0337. The topological polar surface area (TPSA) is 69.1 Å². The number of ketones is 1. The Morgan fingerprint density at radius 1 is 1.05 bits per heavy atom. The van der Waals surface area contributed by atoms with E-state index in [2.05, 4.69) is 20.8 Å². The standard InChI is InChI=1S/C16H34N2O/c1-5-9-12-16(18,8-4)15(19)13(10-6-2)14(17)11-7-3/h13-14H,5-12,17-18H2,1-4H3. The summed E-state index contributed by atoms with van der Waals surface area (Å²) in [5.41, 5.74) is 11.9. The van der Waals surface area contributed by atoms with Crippen molar-refractivity contribution in [2.24, 2.45) is 17.4 Å². The molecule has 0 aromatic heterocycles. The normalized spacial score (nSPS) is 17.8. The highest BCUT2D eigenvalue weighted by atomic mass is 16.1. The van der Waals surface area contributed by atoms with Gasteiger partial charge in [0.05, 0.1) is 5.54 Å². The Morgan fingerprint density at radius 2 is 1.63 bits per heavy atom. The smallest absolute Gasteiger partial charge is 0.157 e. The molecule has 0 saturated carbocycles. The number of rotatable bonds is 11. The van der Waals surface area contributed by atoms with Gasteiger partial charge < -0.3 is 11.5 Å². The van der Waals surface area contributed by atoms with E-state index in [0.29, 0.717) is 6.42 Å². The number of Topliss-reactive ketones (excluding diaryl/α,β-unsaturated/α-hetero) is 1. The molecule has 3 atom stereocenters. The molecule has 3 nitrogen and oxygen atoms in total. The number of hydrogen-bond donors (Lipinski definition) is 2. The lowest BCUT2D eigenvalue weighted by Gasteiger charge is -2.33. The molecule has 0 radical (unpaired) electrons. The van der Waals surface area contributed by atoms with Crippen LogP contribution in [0.25, 0.3) is 0 Å². The summed E-state index contributed by atoms with van der Waals surface area (Å²) in [6.45, 7) is 8.36. The summed E-state index contributed by atoms with van der Waals surface area (Å²) < 4.78 is 0. The fraction of sp³-hybridized carbons (Fsp3) is 0.938. The molecule has 0 aromatic rings. The summed E-state index contributed by atoms with van der Waals surface area (Å²) >= 11 is 0. The number of nitrogens with two attached hydrogens (primary N) is 2. The Morgan fingerprint density at radius 3 is 2.05 bits per heavy atom. The minimum atomic E-state index is -0.665. The second-order valence-electron chi connectivity index (χ2n) is 5.83. The molecule has 0 spiro atoms. The average Bonchev–Trinajstić information content (AvgIpc) is 2.41. The number of unbranched alkanes of at least 4 members (excludes halogenated alkanes) is 1. The molecular formula is C16H34N2O. The van der Waals surface area contributed by atoms with E-state index in [0.717, 1.165) is 44.9 Å². The zero-order chi connectivity index (χ0) is 14.9. The molecule has 19 heavy (non-hydrogen) atoms. The summed E-state index contributed by atoms with van der Waals surface area (Å²) in [7, 11) is 0. The summed E-state index contributed by atoms with van der Waals surface area (Å²) in [5, 5.41) is 0. The van der Waals surface area contributed by atoms with Crippen LogP contribution < -0.4 is 11.5 Å². The molecular weight excluding hydrogens is 236 g/mol. The minimum Gasteiger partial charge on any atom is -0.327 e. The summed E-state index contributed by atoms with van der Waals surface area (Å²) in [6.07, 6.45) is 7.37. The van der Waals surface area contributed by atoms with Crippen LogP contribution in [0.3, 0.4) is 0 Å². The quantitative estimate of drug-likeness (QED) is 0.604. The van der Waals surface area contributed by atoms with Crippen LogP contribution in [0.4, 0.5) is 0 Å². The van der Waals surface area contributed by atoms with E-state index >= 15 is 0 Å². The molecule has 0 aromatic carbocycles. The fourth-order valence-corrected chi connectivity index (χ4v) is 2.72. The first kappa shape index (κ1) is 18.6. The molecule has 0 aliphatic rings. The third kappa shape index (κ3) is 5.62. The van der Waals surface area contributed by atoms with Gasteiger partial charge in [-0.25, -0.2) is 0 Å². The van der Waals surface area contributed by atoms with Crippen LogP contribution in [0.1, 0.15) is 79.1 Å². The van der Waals surface area contributed by atoms with Crippen molar-refractivity contribution >= 4 is 5.78 Å². The maximum atomic E-state index is 12.8. The predicted molar refractivity (Wildman–Crippen MR) is 83.0 cm³/mol. The molecule has 0 saturated heterocycles. The Kier molecular flexibility index (Phi) is 9.28. The van der Waals surface area contributed by atoms with Crippen LogP contribution in [0, 0.1) is 5.92 Å². The maximum absolute atomic E-state index is 12.8. The van der Waals surface area contributed by atoms with Crippen LogP contribution >= 0.6 is 0 Å². The van der Waals surface area contributed by atoms with Crippen molar-refractivity contribution in [2.45, 2.75) is 90.6 Å². The van der Waals surface area contributed by atoms with Gasteiger partial charge in [-0.3, -0.25) is 4.79 Å². The number of carbonyl (C=O) groups is 1. The van der Waals surface area contributed by atoms with Gasteiger partial charge in [0.25, 0.3) is 0 Å². The van der Waals surface area contributed by atoms with Crippen LogP contribution in [-0.2, 0) is 4.79 Å². The van der Waals surface area contributed by atoms with E-state index in [4.69, 9.17) is 11.5 Å². The van der Waals surface area contributed by atoms with Crippen molar-refractivity contribution in [3.05, 3.63) is 0 Å². The van der Waals surface area contributed by atoms with Crippen LogP contribution in [0.5, 0.6) is 0 Å². The van der Waals surface area contributed by atoms with Gasteiger partial charge in [-0.1, -0.05) is 53.4 Å². The van der Waals surface area contributed by atoms with Crippen molar-refractivity contribution in [3.63, 3.8) is 0 Å². The van der Waals surface area contributed by atoms with E-state index in [1.165, 1.54) is 0 Å². The molecule has 0 aliphatic heterocycles. The number of carbonyl (C=O) groups excluding carboxylic acids is 1. The molecule has 0 heterocycles. The highest BCUT2D eigenvalue weighted by Crippen LogP contribution is 2.26. The second-order valence-corrected chi connectivity index (χ2v) is 5.83. The van der Waals surface area contributed by atoms with Gasteiger partial charge in [-0.2, -0.15) is 0 Å². The molecule has 114 valence electrons. The molecule has 0 rings (SSSR count). The van der Waals surface area contributed by atoms with Crippen molar-refractivity contribution in [2.75, 3.05) is 0 Å². The van der Waals surface area contributed by atoms with Gasteiger partial charge in [0.15, 0.2) is 5.78 Å². The van der Waals surface area contributed by atoms with Gasteiger partial charge in [-0.15, -0.1) is 0 Å². The lowest BCUT2D eigenvalue weighted by molar-refractivity contribution is -0.129. The van der Waals surface area contributed by atoms with Crippen molar-refractivity contribution in [1.82, 2.24) is 0 Å². The van der Waals surface area contributed by atoms with Crippen LogP contribution in [-0.4, -0.2) is 17.4 Å².